The highest BCUT2D eigenvalue weighted by Crippen LogP contribution is 1.96. The van der Waals surface area contributed by atoms with Gasteiger partial charge in [0.05, 0.1) is 13.2 Å². The van der Waals surface area contributed by atoms with Crippen LogP contribution in [0.25, 0.3) is 0 Å². The van der Waals surface area contributed by atoms with Gasteiger partial charge in [0.25, 0.3) is 0 Å². The third kappa shape index (κ3) is 6.28. The quantitative estimate of drug-likeness (QED) is 0.519. The molecule has 0 aliphatic heterocycles. The first-order valence-corrected chi connectivity index (χ1v) is 4.66. The molecule has 5 heteroatoms. The fraction of sp³-hybridized carbons (Fsp3) is 1.00. The van der Waals surface area contributed by atoms with Gasteiger partial charge in [0, 0.05) is 41.0 Å². The van der Waals surface area contributed by atoms with E-state index in [0.717, 1.165) is 6.54 Å². The smallest absolute Gasteiger partial charge is 0.169 e. The van der Waals surface area contributed by atoms with Gasteiger partial charge >= 0.3 is 0 Å². The number of aliphatic hydroxyl groups excluding tert-OH is 1. The molecule has 0 fully saturated rings. The van der Waals surface area contributed by atoms with Crippen molar-refractivity contribution in [2.24, 2.45) is 0 Å². The lowest BCUT2D eigenvalue weighted by atomic mass is 10.4. The van der Waals surface area contributed by atoms with Crippen molar-refractivity contribution in [2.75, 3.05) is 54.2 Å². The lowest BCUT2D eigenvalue weighted by Crippen LogP contribution is -2.38. The zero-order valence-electron chi connectivity index (χ0n) is 9.23. The molecule has 0 spiro atoms. The molecule has 5 nitrogen and oxygen atoms in total. The zero-order chi connectivity index (χ0) is 10.8. The van der Waals surface area contributed by atoms with E-state index in [0.29, 0.717) is 19.7 Å². The van der Waals surface area contributed by atoms with Gasteiger partial charge in [-0.25, -0.2) is 0 Å². The van der Waals surface area contributed by atoms with E-state index in [2.05, 4.69) is 0 Å². The van der Waals surface area contributed by atoms with Crippen LogP contribution in [0.15, 0.2) is 0 Å². The van der Waals surface area contributed by atoms with E-state index in [4.69, 9.17) is 19.3 Å². The SMILES string of the molecule is COCCN(CCO)CC(OC)OC. The Bertz CT molecular complexity index is 119. The molecule has 0 atom stereocenters. The van der Waals surface area contributed by atoms with Crippen molar-refractivity contribution >= 4 is 0 Å². The Balaban J connectivity index is 3.80. The summed E-state index contributed by atoms with van der Waals surface area (Å²) in [6, 6.07) is 0. The maximum Gasteiger partial charge on any atom is 0.169 e. The zero-order valence-corrected chi connectivity index (χ0v) is 9.23. The van der Waals surface area contributed by atoms with Crippen LogP contribution in [-0.4, -0.2) is 70.5 Å². The second kappa shape index (κ2) is 9.36. The summed E-state index contributed by atoms with van der Waals surface area (Å²) in [6.45, 7) is 2.77. The van der Waals surface area contributed by atoms with E-state index in [1.807, 2.05) is 4.90 Å². The van der Waals surface area contributed by atoms with Crippen molar-refractivity contribution in [1.29, 1.82) is 0 Å². The van der Waals surface area contributed by atoms with Gasteiger partial charge in [0.15, 0.2) is 6.29 Å². The summed E-state index contributed by atoms with van der Waals surface area (Å²) in [6.07, 6.45) is -0.251. The standard InChI is InChI=1S/C9H21NO4/c1-12-7-5-10(4-6-11)8-9(13-2)14-3/h9,11H,4-8H2,1-3H3. The van der Waals surface area contributed by atoms with Crippen LogP contribution in [0, 0.1) is 0 Å². The van der Waals surface area contributed by atoms with Crippen molar-refractivity contribution in [2.45, 2.75) is 6.29 Å². The van der Waals surface area contributed by atoms with Crippen LogP contribution in [0.3, 0.4) is 0 Å². The van der Waals surface area contributed by atoms with Gasteiger partial charge < -0.3 is 19.3 Å². The van der Waals surface area contributed by atoms with Gasteiger partial charge in [-0.2, -0.15) is 0 Å². The predicted molar refractivity (Wildman–Crippen MR) is 53.2 cm³/mol. The molecule has 0 heterocycles. The highest BCUT2D eigenvalue weighted by Gasteiger charge is 2.11. The second-order valence-electron chi connectivity index (χ2n) is 2.92. The van der Waals surface area contributed by atoms with Crippen LogP contribution in [0.2, 0.25) is 0 Å². The number of ether oxygens (including phenoxy) is 3. The van der Waals surface area contributed by atoms with Gasteiger partial charge in [-0.05, 0) is 0 Å². The summed E-state index contributed by atoms with van der Waals surface area (Å²) < 4.78 is 15.1. The van der Waals surface area contributed by atoms with E-state index < -0.39 is 0 Å². The first-order valence-electron chi connectivity index (χ1n) is 4.66. The molecule has 0 aliphatic rings. The highest BCUT2D eigenvalue weighted by molar-refractivity contribution is 4.59. The van der Waals surface area contributed by atoms with Gasteiger partial charge in [-0.3, -0.25) is 4.90 Å². The molecule has 0 aliphatic carbocycles. The number of methoxy groups -OCH3 is 3. The molecule has 14 heavy (non-hydrogen) atoms. The molecule has 0 saturated heterocycles. The van der Waals surface area contributed by atoms with Crippen molar-refractivity contribution in [3.8, 4) is 0 Å². The number of nitrogens with zero attached hydrogens (tertiary/aromatic N) is 1. The third-order valence-electron chi connectivity index (χ3n) is 1.96. The summed E-state index contributed by atoms with van der Waals surface area (Å²) in [4.78, 5) is 2.03. The molecule has 0 aromatic carbocycles. The van der Waals surface area contributed by atoms with Crippen LogP contribution in [0.5, 0.6) is 0 Å². The maximum atomic E-state index is 8.83. The fourth-order valence-corrected chi connectivity index (χ4v) is 1.11. The normalized spacial score (nSPS) is 11.6. The fourth-order valence-electron chi connectivity index (χ4n) is 1.11. The first-order chi connectivity index (χ1) is 6.78. The molecule has 1 N–H and O–H groups in total. The van der Waals surface area contributed by atoms with E-state index >= 15 is 0 Å². The lowest BCUT2D eigenvalue weighted by molar-refractivity contribution is -0.118. The number of rotatable bonds is 9. The van der Waals surface area contributed by atoms with Crippen LogP contribution >= 0.6 is 0 Å². The van der Waals surface area contributed by atoms with E-state index in [1.165, 1.54) is 0 Å². The minimum Gasteiger partial charge on any atom is -0.395 e. The summed E-state index contributed by atoms with van der Waals surface area (Å²) in [5.74, 6) is 0. The van der Waals surface area contributed by atoms with E-state index in [-0.39, 0.29) is 12.9 Å². The number of aliphatic hydroxyl groups is 1. The van der Waals surface area contributed by atoms with Gasteiger partial charge in [-0.15, -0.1) is 0 Å². The van der Waals surface area contributed by atoms with Crippen molar-refractivity contribution in [1.82, 2.24) is 4.90 Å². The molecule has 86 valence electrons. The Kier molecular flexibility index (Phi) is 9.23. The van der Waals surface area contributed by atoms with Crippen LogP contribution in [0.1, 0.15) is 0 Å². The van der Waals surface area contributed by atoms with Gasteiger partial charge in [-0.1, -0.05) is 0 Å². The summed E-state index contributed by atoms with van der Waals surface area (Å²) >= 11 is 0. The molecule has 0 bridgehead atoms. The molecule has 0 unspecified atom stereocenters. The molecular weight excluding hydrogens is 186 g/mol. The highest BCUT2D eigenvalue weighted by atomic mass is 16.7. The largest absolute Gasteiger partial charge is 0.395 e. The molecular formula is C9H21NO4. The topological polar surface area (TPSA) is 51.2 Å². The van der Waals surface area contributed by atoms with Crippen LogP contribution in [-0.2, 0) is 14.2 Å². The minimum absolute atomic E-state index is 0.129. The molecule has 0 saturated carbocycles. The number of hydrogen-bond acceptors (Lipinski definition) is 5. The second-order valence-corrected chi connectivity index (χ2v) is 2.92. The minimum atomic E-state index is -0.251. The van der Waals surface area contributed by atoms with Crippen LogP contribution in [0.4, 0.5) is 0 Å². The van der Waals surface area contributed by atoms with Gasteiger partial charge in [0.1, 0.15) is 0 Å². The lowest BCUT2D eigenvalue weighted by Gasteiger charge is -2.24. The summed E-state index contributed by atoms with van der Waals surface area (Å²) in [5, 5.41) is 8.83. The monoisotopic (exact) mass is 207 g/mol. The van der Waals surface area contributed by atoms with Crippen molar-refractivity contribution < 1.29 is 19.3 Å². The van der Waals surface area contributed by atoms with Crippen molar-refractivity contribution in [3.05, 3.63) is 0 Å². The summed E-state index contributed by atoms with van der Waals surface area (Å²) in [5.41, 5.74) is 0. The molecule has 0 amide bonds. The predicted octanol–water partition coefficient (Wildman–Crippen LogP) is -0.454. The van der Waals surface area contributed by atoms with Crippen LogP contribution < -0.4 is 0 Å². The Morgan fingerprint density at radius 2 is 1.79 bits per heavy atom. The third-order valence-corrected chi connectivity index (χ3v) is 1.96. The Hall–Kier alpha value is -0.200. The Labute approximate surface area is 85.6 Å². The molecule has 0 aromatic rings. The average Bonchev–Trinajstić information content (AvgIpc) is 2.22. The maximum absolute atomic E-state index is 8.83. The Morgan fingerprint density at radius 1 is 1.14 bits per heavy atom. The molecule has 0 rings (SSSR count). The molecule has 0 aromatic heterocycles. The van der Waals surface area contributed by atoms with Gasteiger partial charge in [0.2, 0.25) is 0 Å². The van der Waals surface area contributed by atoms with Crippen molar-refractivity contribution in [3.63, 3.8) is 0 Å². The average molecular weight is 207 g/mol. The van der Waals surface area contributed by atoms with E-state index in [1.54, 1.807) is 21.3 Å². The Morgan fingerprint density at radius 3 is 2.21 bits per heavy atom. The molecule has 0 radical (unpaired) electrons. The first kappa shape index (κ1) is 13.8. The summed E-state index contributed by atoms with van der Waals surface area (Å²) in [7, 11) is 4.85. The number of hydrogen-bond donors (Lipinski definition) is 1. The van der Waals surface area contributed by atoms with E-state index in [9.17, 15) is 0 Å².